The molecule has 1 aromatic heterocycles. The van der Waals surface area contributed by atoms with Gasteiger partial charge in [-0.05, 0) is 93.5 Å². The second-order valence-corrected chi connectivity index (χ2v) is 20.4. The third-order valence-corrected chi connectivity index (χ3v) is 15.0. The van der Waals surface area contributed by atoms with Gasteiger partial charge in [0.1, 0.15) is 5.54 Å². The molecule has 0 unspecified atom stereocenters. The molecular formula is C40H47BrFN7O4Si. The van der Waals surface area contributed by atoms with E-state index < -0.39 is 37.1 Å². The maximum Gasteiger partial charge on any atom is 0.264 e. The number of benzene rings is 3. The third-order valence-electron chi connectivity index (χ3n) is 12.0. The molecule has 3 fully saturated rings. The molecule has 0 aliphatic carbocycles. The van der Waals surface area contributed by atoms with Gasteiger partial charge in [-0.2, -0.15) is 0 Å². The summed E-state index contributed by atoms with van der Waals surface area (Å²) < 4.78 is 25.8. The number of aliphatic hydroxyl groups is 1. The van der Waals surface area contributed by atoms with Crippen LogP contribution in [0.5, 0.6) is 0 Å². The number of piperidine rings is 1. The van der Waals surface area contributed by atoms with Crippen molar-refractivity contribution in [1.29, 1.82) is 0 Å². The molecule has 4 aromatic rings. The average Bonchev–Trinajstić information content (AvgIpc) is 3.88. The molecule has 4 aliphatic rings. The number of nitrogens with one attached hydrogen (secondary N) is 1. The van der Waals surface area contributed by atoms with Crippen LogP contribution in [0.1, 0.15) is 43.0 Å². The molecule has 0 bridgehead atoms. The molecule has 284 valence electrons. The number of nitrogens with zero attached hydrogens (tertiary/aromatic N) is 6. The maximum atomic E-state index is 16.3. The van der Waals surface area contributed by atoms with Crippen LogP contribution in [0.4, 0.5) is 21.2 Å². The molecule has 2 N–H and O–H groups in total. The molecule has 3 aromatic carbocycles. The molecular weight excluding hydrogens is 769 g/mol. The van der Waals surface area contributed by atoms with Crippen LogP contribution in [-0.2, 0) is 39.4 Å². The van der Waals surface area contributed by atoms with Gasteiger partial charge in [-0.1, -0.05) is 58.4 Å². The van der Waals surface area contributed by atoms with Gasteiger partial charge in [-0.25, -0.2) is 0 Å². The van der Waals surface area contributed by atoms with Crippen molar-refractivity contribution in [3.63, 3.8) is 0 Å². The molecule has 0 saturated carbocycles. The Labute approximate surface area is 324 Å². The Morgan fingerprint density at radius 3 is 2.46 bits per heavy atom. The lowest BCUT2D eigenvalue weighted by atomic mass is 9.82. The number of aromatic nitrogens is 3. The quantitative estimate of drug-likeness (QED) is 0.150. The first-order chi connectivity index (χ1) is 26.0. The van der Waals surface area contributed by atoms with Gasteiger partial charge in [-0.15, -0.1) is 5.10 Å². The van der Waals surface area contributed by atoms with E-state index in [9.17, 15) is 14.7 Å². The number of fused-ring (bicyclic) bond motifs is 2. The largest absolute Gasteiger partial charge is 0.396 e. The molecule has 2 amide bonds. The number of carbonyl (C=O) groups excluding carboxylic acids is 2. The first-order valence-electron chi connectivity index (χ1n) is 18.9. The molecule has 8 rings (SSSR count). The summed E-state index contributed by atoms with van der Waals surface area (Å²) >= 11 is 3.63. The fourth-order valence-corrected chi connectivity index (χ4v) is 12.4. The van der Waals surface area contributed by atoms with Crippen molar-refractivity contribution in [3.8, 4) is 0 Å². The minimum atomic E-state index is -3.34. The fraction of sp³-hybridized carbons (Fsp3) is 0.450. The lowest BCUT2D eigenvalue weighted by molar-refractivity contribution is -0.146. The van der Waals surface area contributed by atoms with Gasteiger partial charge in [0.2, 0.25) is 8.41 Å². The molecule has 2 spiro atoms. The molecule has 4 aliphatic heterocycles. The summed E-state index contributed by atoms with van der Waals surface area (Å²) in [4.78, 5) is 35.1. The summed E-state index contributed by atoms with van der Waals surface area (Å²) in [7, 11) is -3.34. The number of para-hydroxylation sites is 1. The van der Waals surface area contributed by atoms with Crippen LogP contribution in [0.3, 0.4) is 0 Å². The number of ether oxygens (including phenoxy) is 1. The molecule has 4 atom stereocenters. The van der Waals surface area contributed by atoms with Gasteiger partial charge in [-0.3, -0.25) is 19.2 Å². The Hall–Kier alpha value is -3.95. The SMILES string of the molecule is C[C@H]1[C@H]([Si](C)(C)F)[C@@H](CCn2cc(CCO)nn2)O[C@]12C(=O)N(Cc1ccc(N3CN(c4ccccc4)C4(CCNCC4)C3=O)cc1)c1ccc(Br)cc12. The monoisotopic (exact) mass is 815 g/mol. The zero-order valence-electron chi connectivity index (χ0n) is 30.9. The summed E-state index contributed by atoms with van der Waals surface area (Å²) in [5, 5.41) is 21.1. The first kappa shape index (κ1) is 37.0. The van der Waals surface area contributed by atoms with Gasteiger partial charge >= 0.3 is 0 Å². The van der Waals surface area contributed by atoms with Crippen LogP contribution in [0.15, 0.2) is 83.5 Å². The van der Waals surface area contributed by atoms with Gasteiger partial charge < -0.3 is 29.1 Å². The van der Waals surface area contributed by atoms with Crippen LogP contribution in [0, 0.1) is 5.92 Å². The zero-order chi connectivity index (χ0) is 37.8. The van der Waals surface area contributed by atoms with Crippen LogP contribution in [0.25, 0.3) is 0 Å². The molecule has 3 saturated heterocycles. The van der Waals surface area contributed by atoms with Crippen molar-refractivity contribution in [3.05, 3.63) is 100 Å². The van der Waals surface area contributed by atoms with Crippen molar-refractivity contribution >= 4 is 53.2 Å². The number of carbonyl (C=O) groups is 2. The topological polar surface area (TPSA) is 116 Å². The number of aliphatic hydroxyl groups excluding tert-OH is 1. The highest BCUT2D eigenvalue weighted by atomic mass is 79.9. The number of rotatable bonds is 10. The summed E-state index contributed by atoms with van der Waals surface area (Å²) in [6, 6.07) is 23.9. The highest BCUT2D eigenvalue weighted by molar-refractivity contribution is 9.10. The number of halogens is 2. The van der Waals surface area contributed by atoms with E-state index in [0.717, 1.165) is 58.6 Å². The van der Waals surface area contributed by atoms with E-state index >= 15 is 4.11 Å². The Balaban J connectivity index is 1.06. The van der Waals surface area contributed by atoms with Crippen molar-refractivity contribution in [2.75, 3.05) is 41.1 Å². The lowest BCUT2D eigenvalue weighted by Gasteiger charge is -2.39. The Kier molecular flexibility index (Phi) is 9.78. The second-order valence-electron chi connectivity index (χ2n) is 15.6. The van der Waals surface area contributed by atoms with Gasteiger partial charge in [0.15, 0.2) is 5.60 Å². The number of hydrogen-bond acceptors (Lipinski definition) is 8. The van der Waals surface area contributed by atoms with E-state index in [1.54, 1.807) is 28.9 Å². The molecule has 54 heavy (non-hydrogen) atoms. The van der Waals surface area contributed by atoms with Crippen LogP contribution < -0.4 is 20.0 Å². The smallest absolute Gasteiger partial charge is 0.264 e. The number of anilines is 3. The Morgan fingerprint density at radius 2 is 1.76 bits per heavy atom. The standard InChI is InChI=1S/C40H47BrFN7O4Si/c1-27-36(54(2,3)42)35(15-21-46-25-30(16-22-50)44-45-46)53-40(27)33-23-29(41)11-14-34(33)47(38(40)52)24-28-9-12-31(13-10-28)48-26-49(32-7-5-4-6-8-32)39(37(48)51)17-19-43-20-18-39/h4-14,23,25,27,35-36,43,50H,15-22,24,26H2,1-3H3/t27-,35+,36-,40+/m0/s1. The third kappa shape index (κ3) is 6.19. The van der Waals surface area contributed by atoms with Crippen LogP contribution in [-0.4, -0.2) is 78.3 Å². The van der Waals surface area contributed by atoms with E-state index in [2.05, 4.69) is 48.6 Å². The summed E-state index contributed by atoms with van der Waals surface area (Å²) in [5.74, 6) is -0.495. The molecule has 0 radical (unpaired) electrons. The Bertz CT molecular complexity index is 2020. The van der Waals surface area contributed by atoms with E-state index in [4.69, 9.17) is 4.74 Å². The predicted octanol–water partition coefficient (Wildman–Crippen LogP) is 5.92. The Morgan fingerprint density at radius 1 is 1.02 bits per heavy atom. The normalized spacial score (nSPS) is 25.1. The highest BCUT2D eigenvalue weighted by Crippen LogP contribution is 2.60. The van der Waals surface area contributed by atoms with E-state index in [-0.39, 0.29) is 18.4 Å². The number of hydrogen-bond donors (Lipinski definition) is 2. The minimum Gasteiger partial charge on any atom is -0.396 e. The highest BCUT2D eigenvalue weighted by Gasteiger charge is 2.66. The first-order valence-corrected chi connectivity index (χ1v) is 22.6. The zero-order valence-corrected chi connectivity index (χ0v) is 33.5. The van der Waals surface area contributed by atoms with Crippen molar-refractivity contribution < 1.29 is 23.5 Å². The molecule has 11 nitrogen and oxygen atoms in total. The second kappa shape index (κ2) is 14.3. The van der Waals surface area contributed by atoms with Gasteiger partial charge in [0.05, 0.1) is 30.7 Å². The summed E-state index contributed by atoms with van der Waals surface area (Å²) in [5.41, 5.74) is 2.57. The van der Waals surface area contributed by atoms with Gasteiger partial charge in [0.25, 0.3) is 11.8 Å². The van der Waals surface area contributed by atoms with Gasteiger partial charge in [0, 0.05) is 58.6 Å². The van der Waals surface area contributed by atoms with Crippen LogP contribution in [0.2, 0.25) is 18.6 Å². The number of aryl methyl sites for hydroxylation is 1. The van der Waals surface area contributed by atoms with Crippen molar-refractivity contribution in [2.24, 2.45) is 5.92 Å². The van der Waals surface area contributed by atoms with E-state index in [0.29, 0.717) is 38.3 Å². The molecule has 14 heteroatoms. The predicted molar refractivity (Wildman–Crippen MR) is 211 cm³/mol. The van der Waals surface area contributed by atoms with E-state index in [1.165, 1.54) is 0 Å². The maximum absolute atomic E-state index is 16.3. The lowest BCUT2D eigenvalue weighted by Crippen LogP contribution is -2.55. The summed E-state index contributed by atoms with van der Waals surface area (Å²) in [6.07, 6.45) is 3.63. The molecule has 5 heterocycles. The van der Waals surface area contributed by atoms with Crippen molar-refractivity contribution in [2.45, 2.75) is 81.6 Å². The van der Waals surface area contributed by atoms with Crippen LogP contribution >= 0.6 is 15.9 Å². The fourth-order valence-electron chi connectivity index (χ4n) is 9.51. The summed E-state index contributed by atoms with van der Waals surface area (Å²) in [6.45, 7) is 8.14. The van der Waals surface area contributed by atoms with E-state index in [1.807, 2.05) is 72.5 Å². The number of amides is 2. The minimum absolute atomic E-state index is 0.0176. The average molecular weight is 817 g/mol. The van der Waals surface area contributed by atoms with Crippen molar-refractivity contribution in [1.82, 2.24) is 20.3 Å².